The van der Waals surface area contributed by atoms with E-state index in [1.807, 2.05) is 74.5 Å². The molecule has 0 bridgehead atoms. The maximum absolute atomic E-state index is 10.6. The van der Waals surface area contributed by atoms with Gasteiger partial charge in [0.05, 0.1) is 9.85 Å². The van der Waals surface area contributed by atoms with Gasteiger partial charge in [-0.25, -0.2) is 0 Å². The third-order valence-electron chi connectivity index (χ3n) is 5.49. The van der Waals surface area contributed by atoms with Gasteiger partial charge in [-0.05, 0) is 48.2 Å². The summed E-state index contributed by atoms with van der Waals surface area (Å²) in [4.78, 5) is 20.5. The number of nitro groups is 2. The number of non-ortho nitro benzene ring substituents is 2. The van der Waals surface area contributed by atoms with E-state index in [1.165, 1.54) is 23.3 Å². The molecule has 0 saturated heterocycles. The maximum atomic E-state index is 10.6. The highest BCUT2D eigenvalue weighted by molar-refractivity contribution is 5.56. The van der Waals surface area contributed by atoms with E-state index >= 15 is 0 Å². The lowest BCUT2D eigenvalue weighted by Crippen LogP contribution is -2.01. The highest BCUT2D eigenvalue weighted by Gasteiger charge is 2.08. The molecule has 8 heteroatoms. The fourth-order valence-electron chi connectivity index (χ4n) is 3.51. The van der Waals surface area contributed by atoms with Crippen molar-refractivity contribution in [2.45, 2.75) is 26.9 Å². The number of rotatable bonds is 8. The second kappa shape index (κ2) is 12.7. The van der Waals surface area contributed by atoms with Gasteiger partial charge in [0.1, 0.15) is 0 Å². The minimum Gasteiger partial charge on any atom is -0.381 e. The Morgan fingerprint density at radius 2 is 0.944 bits per heavy atom. The van der Waals surface area contributed by atoms with E-state index in [4.69, 9.17) is 0 Å². The van der Waals surface area contributed by atoms with Crippen LogP contribution in [0, 0.1) is 34.1 Å². The molecule has 0 heterocycles. The Kier molecular flexibility index (Phi) is 9.11. The standard InChI is InChI=1S/2C14H14N2O2/c2*1-11-9-13(16(17)18)7-8-14(11)15-10-12-5-3-2-4-6-12/h2*2-9,15H,10H2,1H3. The van der Waals surface area contributed by atoms with Crippen LogP contribution < -0.4 is 10.6 Å². The summed E-state index contributed by atoms with van der Waals surface area (Å²) >= 11 is 0. The second-order valence-electron chi connectivity index (χ2n) is 8.19. The summed E-state index contributed by atoms with van der Waals surface area (Å²) < 4.78 is 0. The molecule has 0 spiro atoms. The summed E-state index contributed by atoms with van der Waals surface area (Å²) in [6, 6.07) is 29.7. The van der Waals surface area contributed by atoms with Crippen LogP contribution >= 0.6 is 0 Å². The van der Waals surface area contributed by atoms with Crippen LogP contribution in [0.4, 0.5) is 22.7 Å². The Labute approximate surface area is 209 Å². The first-order valence-corrected chi connectivity index (χ1v) is 11.4. The molecule has 0 aromatic heterocycles. The predicted octanol–water partition coefficient (Wildman–Crippen LogP) is 7.03. The smallest absolute Gasteiger partial charge is 0.269 e. The summed E-state index contributed by atoms with van der Waals surface area (Å²) in [7, 11) is 0. The number of hydrogen-bond donors (Lipinski definition) is 2. The van der Waals surface area contributed by atoms with Gasteiger partial charge in [-0.2, -0.15) is 0 Å². The van der Waals surface area contributed by atoms with Crippen molar-refractivity contribution < 1.29 is 9.85 Å². The number of hydrogen-bond acceptors (Lipinski definition) is 6. The molecule has 0 aliphatic carbocycles. The molecule has 0 atom stereocenters. The minimum atomic E-state index is -0.381. The topological polar surface area (TPSA) is 110 Å². The lowest BCUT2D eigenvalue weighted by Gasteiger charge is -2.09. The molecule has 0 amide bonds. The molecule has 4 aromatic rings. The van der Waals surface area contributed by atoms with Gasteiger partial charge in [-0.3, -0.25) is 20.2 Å². The molecular weight excluding hydrogens is 456 g/mol. The van der Waals surface area contributed by atoms with Gasteiger partial charge in [0.2, 0.25) is 0 Å². The van der Waals surface area contributed by atoms with E-state index in [9.17, 15) is 20.2 Å². The Balaban J connectivity index is 0.000000201. The van der Waals surface area contributed by atoms with Crippen LogP contribution in [-0.2, 0) is 13.1 Å². The maximum Gasteiger partial charge on any atom is 0.269 e. The van der Waals surface area contributed by atoms with Gasteiger partial charge in [0.15, 0.2) is 0 Å². The van der Waals surface area contributed by atoms with Crippen LogP contribution in [0.2, 0.25) is 0 Å². The van der Waals surface area contributed by atoms with Gasteiger partial charge in [-0.15, -0.1) is 0 Å². The first kappa shape index (κ1) is 25.9. The zero-order valence-corrected chi connectivity index (χ0v) is 20.2. The lowest BCUT2D eigenvalue weighted by atomic mass is 10.1. The molecule has 0 saturated carbocycles. The number of anilines is 2. The molecule has 0 aliphatic rings. The minimum absolute atomic E-state index is 0.123. The Morgan fingerprint density at radius 3 is 1.25 bits per heavy atom. The normalized spacial score (nSPS) is 10.1. The van der Waals surface area contributed by atoms with E-state index in [1.54, 1.807) is 24.3 Å². The number of aryl methyl sites for hydroxylation is 2. The van der Waals surface area contributed by atoms with Crippen molar-refractivity contribution in [1.82, 2.24) is 0 Å². The fourth-order valence-corrected chi connectivity index (χ4v) is 3.51. The van der Waals surface area contributed by atoms with E-state index < -0.39 is 0 Å². The predicted molar refractivity (Wildman–Crippen MR) is 143 cm³/mol. The van der Waals surface area contributed by atoms with Crippen LogP contribution in [0.1, 0.15) is 22.3 Å². The molecule has 36 heavy (non-hydrogen) atoms. The summed E-state index contributed by atoms with van der Waals surface area (Å²) in [6.07, 6.45) is 0. The number of nitrogens with one attached hydrogen (secondary N) is 2. The van der Waals surface area contributed by atoms with Crippen molar-refractivity contribution in [2.75, 3.05) is 10.6 Å². The lowest BCUT2D eigenvalue weighted by molar-refractivity contribution is -0.385. The van der Waals surface area contributed by atoms with E-state index in [0.29, 0.717) is 13.1 Å². The van der Waals surface area contributed by atoms with E-state index in [2.05, 4.69) is 10.6 Å². The summed E-state index contributed by atoms with van der Waals surface area (Å²) in [5.74, 6) is 0. The highest BCUT2D eigenvalue weighted by atomic mass is 16.6. The summed E-state index contributed by atoms with van der Waals surface area (Å²) in [5, 5.41) is 27.8. The number of benzene rings is 4. The van der Waals surface area contributed by atoms with E-state index in [-0.39, 0.29) is 21.2 Å². The highest BCUT2D eigenvalue weighted by Crippen LogP contribution is 2.22. The van der Waals surface area contributed by atoms with Crippen molar-refractivity contribution in [3.8, 4) is 0 Å². The quantitative estimate of drug-likeness (QED) is 0.205. The monoisotopic (exact) mass is 484 g/mol. The molecule has 0 radical (unpaired) electrons. The summed E-state index contributed by atoms with van der Waals surface area (Å²) in [6.45, 7) is 5.14. The molecule has 8 nitrogen and oxygen atoms in total. The van der Waals surface area contributed by atoms with E-state index in [0.717, 1.165) is 22.5 Å². The molecule has 184 valence electrons. The van der Waals surface area contributed by atoms with Crippen LogP contribution in [-0.4, -0.2) is 9.85 Å². The fraction of sp³-hybridized carbons (Fsp3) is 0.143. The third kappa shape index (κ3) is 7.66. The Hall–Kier alpha value is -4.72. The van der Waals surface area contributed by atoms with Gasteiger partial charge in [-0.1, -0.05) is 60.7 Å². The molecule has 4 rings (SSSR count). The van der Waals surface area contributed by atoms with Crippen LogP contribution in [0.15, 0.2) is 97.1 Å². The molecular formula is C28H28N4O4. The average molecular weight is 485 g/mol. The molecule has 0 fully saturated rings. The van der Waals surface area contributed by atoms with Crippen LogP contribution in [0.3, 0.4) is 0 Å². The summed E-state index contributed by atoms with van der Waals surface area (Å²) in [5.41, 5.74) is 6.19. The van der Waals surface area contributed by atoms with Gasteiger partial charge in [0.25, 0.3) is 11.4 Å². The van der Waals surface area contributed by atoms with Gasteiger partial charge >= 0.3 is 0 Å². The second-order valence-corrected chi connectivity index (χ2v) is 8.19. The Bertz CT molecular complexity index is 1210. The first-order valence-electron chi connectivity index (χ1n) is 11.4. The van der Waals surface area contributed by atoms with Crippen molar-refractivity contribution in [2.24, 2.45) is 0 Å². The van der Waals surface area contributed by atoms with Crippen molar-refractivity contribution >= 4 is 22.7 Å². The zero-order valence-electron chi connectivity index (χ0n) is 20.2. The number of nitro benzene ring substituents is 2. The van der Waals surface area contributed by atoms with Crippen LogP contribution in [0.25, 0.3) is 0 Å². The van der Waals surface area contributed by atoms with Gasteiger partial charge in [0, 0.05) is 48.7 Å². The SMILES string of the molecule is Cc1cc([N+](=O)[O-])ccc1NCc1ccccc1.Cc1cc([N+](=O)[O-])ccc1NCc1ccccc1. The zero-order chi connectivity index (χ0) is 25.9. The third-order valence-corrected chi connectivity index (χ3v) is 5.49. The molecule has 2 N–H and O–H groups in total. The number of nitrogens with zero attached hydrogens (tertiary/aromatic N) is 2. The van der Waals surface area contributed by atoms with Crippen molar-refractivity contribution in [3.05, 3.63) is 140 Å². The van der Waals surface area contributed by atoms with Gasteiger partial charge < -0.3 is 10.6 Å². The van der Waals surface area contributed by atoms with Crippen LogP contribution in [0.5, 0.6) is 0 Å². The van der Waals surface area contributed by atoms with Crippen molar-refractivity contribution in [3.63, 3.8) is 0 Å². The Morgan fingerprint density at radius 1 is 0.583 bits per heavy atom. The molecule has 4 aromatic carbocycles. The molecule has 0 unspecified atom stereocenters. The molecule has 0 aliphatic heterocycles. The average Bonchev–Trinajstić information content (AvgIpc) is 2.88. The largest absolute Gasteiger partial charge is 0.381 e. The first-order chi connectivity index (χ1) is 17.3. The van der Waals surface area contributed by atoms with Crippen molar-refractivity contribution in [1.29, 1.82) is 0 Å².